The normalized spacial score (nSPS) is 20.1. The number of benzene rings is 1. The first-order valence-electron chi connectivity index (χ1n) is 9.70. The van der Waals surface area contributed by atoms with E-state index >= 15 is 0 Å². The molecule has 1 atom stereocenters. The summed E-state index contributed by atoms with van der Waals surface area (Å²) in [6, 6.07) is 8.51. The van der Waals surface area contributed by atoms with E-state index < -0.39 is 17.5 Å². The van der Waals surface area contributed by atoms with Crippen LogP contribution in [0.2, 0.25) is 0 Å². The van der Waals surface area contributed by atoms with E-state index in [0.717, 1.165) is 0 Å². The molecule has 2 aliphatic heterocycles. The summed E-state index contributed by atoms with van der Waals surface area (Å²) < 4.78 is 5.07. The van der Waals surface area contributed by atoms with Crippen LogP contribution in [0.4, 0.5) is 5.69 Å². The summed E-state index contributed by atoms with van der Waals surface area (Å²) in [6.45, 7) is 3.60. The molecule has 0 saturated carbocycles. The predicted molar refractivity (Wildman–Crippen MR) is 106 cm³/mol. The van der Waals surface area contributed by atoms with Crippen LogP contribution in [0.5, 0.6) is 0 Å². The van der Waals surface area contributed by atoms with Crippen LogP contribution in [0.25, 0.3) is 0 Å². The number of aryl methyl sites for hydroxylation is 1. The van der Waals surface area contributed by atoms with E-state index in [2.05, 4.69) is 10.9 Å². The smallest absolute Gasteiger partial charge is 0.273 e. The van der Waals surface area contributed by atoms with Crippen LogP contribution in [0.15, 0.2) is 41.0 Å². The number of carbonyl (C=O) groups excluding carboxylic acids is 4. The van der Waals surface area contributed by atoms with Crippen LogP contribution >= 0.6 is 0 Å². The number of anilines is 1. The lowest BCUT2D eigenvalue weighted by Crippen LogP contribution is -2.62. The zero-order chi connectivity index (χ0) is 21.5. The Kier molecular flexibility index (Phi) is 4.81. The Morgan fingerprint density at radius 2 is 1.93 bits per heavy atom. The molecule has 0 spiro atoms. The first kappa shape index (κ1) is 19.7. The van der Waals surface area contributed by atoms with Crippen molar-refractivity contribution in [2.75, 3.05) is 11.4 Å². The van der Waals surface area contributed by atoms with Crippen molar-refractivity contribution in [1.29, 1.82) is 0 Å². The molecule has 2 aliphatic rings. The number of carbonyl (C=O) groups is 4. The van der Waals surface area contributed by atoms with E-state index in [9.17, 15) is 19.2 Å². The summed E-state index contributed by atoms with van der Waals surface area (Å²) in [5.74, 6) is -0.759. The van der Waals surface area contributed by atoms with Crippen LogP contribution in [-0.4, -0.2) is 40.7 Å². The molecule has 1 unspecified atom stereocenters. The number of nitrogens with zero attached hydrogens (tertiary/aromatic N) is 2. The predicted octanol–water partition coefficient (Wildman–Crippen LogP) is 1.74. The molecular formula is C21H22N4O5. The highest BCUT2D eigenvalue weighted by Gasteiger charge is 2.52. The van der Waals surface area contributed by atoms with E-state index in [1.807, 2.05) is 6.92 Å². The average Bonchev–Trinajstić information content (AvgIpc) is 3.29. The minimum atomic E-state index is -0.819. The Morgan fingerprint density at radius 1 is 1.17 bits per heavy atom. The summed E-state index contributed by atoms with van der Waals surface area (Å²) in [7, 11) is 0. The molecule has 1 aromatic carbocycles. The van der Waals surface area contributed by atoms with Gasteiger partial charge in [0.1, 0.15) is 11.4 Å². The van der Waals surface area contributed by atoms with Gasteiger partial charge in [0.05, 0.1) is 23.1 Å². The zero-order valence-corrected chi connectivity index (χ0v) is 16.7. The Bertz CT molecular complexity index is 1050. The Morgan fingerprint density at radius 3 is 2.67 bits per heavy atom. The molecule has 9 heteroatoms. The number of furan rings is 1. The highest BCUT2D eigenvalue weighted by molar-refractivity contribution is 6.10. The quantitative estimate of drug-likeness (QED) is 0.746. The minimum absolute atomic E-state index is 0.0316. The van der Waals surface area contributed by atoms with E-state index in [-0.39, 0.29) is 24.8 Å². The third kappa shape index (κ3) is 3.12. The van der Waals surface area contributed by atoms with Gasteiger partial charge in [0.25, 0.3) is 11.8 Å². The van der Waals surface area contributed by atoms with Crippen LogP contribution in [0.3, 0.4) is 0 Å². The van der Waals surface area contributed by atoms with Crippen molar-refractivity contribution in [2.45, 2.75) is 38.8 Å². The van der Waals surface area contributed by atoms with Crippen molar-refractivity contribution in [2.24, 2.45) is 0 Å². The maximum absolute atomic E-state index is 13.1. The van der Waals surface area contributed by atoms with Crippen LogP contribution < -0.4 is 15.8 Å². The van der Waals surface area contributed by atoms with Gasteiger partial charge < -0.3 is 9.32 Å². The average molecular weight is 410 g/mol. The van der Waals surface area contributed by atoms with Gasteiger partial charge in [-0.15, -0.1) is 0 Å². The monoisotopic (exact) mass is 410 g/mol. The third-order valence-electron chi connectivity index (χ3n) is 5.73. The summed E-state index contributed by atoms with van der Waals surface area (Å²) in [5.41, 5.74) is 5.24. The number of hydrogen-bond donors (Lipinski definition) is 2. The Hall–Kier alpha value is -3.62. The van der Waals surface area contributed by atoms with Gasteiger partial charge in [-0.3, -0.25) is 34.9 Å². The van der Waals surface area contributed by atoms with Gasteiger partial charge >= 0.3 is 0 Å². The molecule has 2 N–H and O–H groups in total. The maximum Gasteiger partial charge on any atom is 0.273 e. The van der Waals surface area contributed by atoms with Gasteiger partial charge in [0.15, 0.2) is 0 Å². The van der Waals surface area contributed by atoms with Crippen LogP contribution in [0.1, 0.15) is 52.7 Å². The molecule has 3 heterocycles. The van der Waals surface area contributed by atoms with Gasteiger partial charge in [0.2, 0.25) is 11.8 Å². The molecule has 1 saturated heterocycles. The summed E-state index contributed by atoms with van der Waals surface area (Å²) in [6.07, 6.45) is 2.18. The second-order valence-corrected chi connectivity index (χ2v) is 7.56. The largest absolute Gasteiger partial charge is 0.469 e. The maximum atomic E-state index is 13.1. The standard InChI is InChI=1S/C21H22N4O5/c1-13-14(9-12-30-13)19(28)23-22-17(26)8-11-24-20(29)15-5-3-4-6-16(15)25-18(27)7-10-21(24,25)2/h3-6,9,12H,7-8,10-11H2,1-2H3,(H,22,26)(H,23,28). The third-order valence-corrected chi connectivity index (χ3v) is 5.73. The lowest BCUT2D eigenvalue weighted by molar-refractivity contribution is -0.122. The van der Waals surface area contributed by atoms with E-state index in [0.29, 0.717) is 35.4 Å². The van der Waals surface area contributed by atoms with E-state index in [1.54, 1.807) is 41.0 Å². The van der Waals surface area contributed by atoms with E-state index in [4.69, 9.17) is 4.42 Å². The molecule has 0 radical (unpaired) electrons. The molecule has 0 aliphatic carbocycles. The second-order valence-electron chi connectivity index (χ2n) is 7.56. The number of hydrogen-bond acceptors (Lipinski definition) is 5. The number of amides is 4. The lowest BCUT2D eigenvalue weighted by Gasteiger charge is -2.48. The molecule has 1 aromatic heterocycles. The molecule has 9 nitrogen and oxygen atoms in total. The fourth-order valence-electron chi connectivity index (χ4n) is 4.13. The molecule has 2 aromatic rings. The van der Waals surface area contributed by atoms with Crippen molar-refractivity contribution in [3.05, 3.63) is 53.5 Å². The lowest BCUT2D eigenvalue weighted by atomic mass is 9.98. The number of rotatable bonds is 4. The molecule has 30 heavy (non-hydrogen) atoms. The summed E-state index contributed by atoms with van der Waals surface area (Å²) in [4.78, 5) is 53.2. The Labute approximate surface area is 173 Å². The second kappa shape index (κ2) is 7.33. The first-order valence-corrected chi connectivity index (χ1v) is 9.70. The van der Waals surface area contributed by atoms with Gasteiger partial charge in [-0.1, -0.05) is 12.1 Å². The number of para-hydroxylation sites is 1. The van der Waals surface area contributed by atoms with Gasteiger partial charge in [-0.2, -0.15) is 0 Å². The highest BCUT2D eigenvalue weighted by atomic mass is 16.3. The summed E-state index contributed by atoms with van der Waals surface area (Å²) in [5, 5.41) is 0. The minimum Gasteiger partial charge on any atom is -0.469 e. The van der Waals surface area contributed by atoms with E-state index in [1.165, 1.54) is 12.3 Å². The number of hydrazine groups is 1. The Balaban J connectivity index is 1.44. The molecule has 0 bridgehead atoms. The molecule has 156 valence electrons. The molecule has 4 amide bonds. The highest BCUT2D eigenvalue weighted by Crippen LogP contribution is 2.43. The SMILES string of the molecule is Cc1occc1C(=O)NNC(=O)CCN1C(=O)c2ccccc2N2C(=O)CCC12C. The summed E-state index contributed by atoms with van der Waals surface area (Å²) >= 11 is 0. The fraction of sp³-hybridized carbons (Fsp3) is 0.333. The van der Waals surface area contributed by atoms with Crippen LogP contribution in [0, 0.1) is 6.92 Å². The van der Waals surface area contributed by atoms with Gasteiger partial charge in [-0.05, 0) is 38.5 Å². The van der Waals surface area contributed by atoms with Crippen molar-refractivity contribution < 1.29 is 23.6 Å². The van der Waals surface area contributed by atoms with Crippen molar-refractivity contribution in [1.82, 2.24) is 15.8 Å². The van der Waals surface area contributed by atoms with Crippen LogP contribution in [-0.2, 0) is 9.59 Å². The van der Waals surface area contributed by atoms with Crippen molar-refractivity contribution in [3.8, 4) is 0 Å². The van der Waals surface area contributed by atoms with Gasteiger partial charge in [-0.25, -0.2) is 0 Å². The topological polar surface area (TPSA) is 112 Å². The molecule has 4 rings (SSSR count). The zero-order valence-electron chi connectivity index (χ0n) is 16.7. The first-order chi connectivity index (χ1) is 14.3. The fourth-order valence-corrected chi connectivity index (χ4v) is 4.13. The molecular weight excluding hydrogens is 388 g/mol. The number of nitrogens with one attached hydrogen (secondary N) is 2. The van der Waals surface area contributed by atoms with Crippen molar-refractivity contribution in [3.63, 3.8) is 0 Å². The van der Waals surface area contributed by atoms with Crippen molar-refractivity contribution >= 4 is 29.3 Å². The number of fused-ring (bicyclic) bond motifs is 3. The van der Waals surface area contributed by atoms with Gasteiger partial charge in [0, 0.05) is 19.4 Å². The molecule has 1 fully saturated rings.